The number of nitrogens with zero attached hydrogens (tertiary/aromatic N) is 2. The van der Waals surface area contributed by atoms with Crippen LogP contribution in [0.1, 0.15) is 39.5 Å². The topological polar surface area (TPSA) is 73.9 Å². The highest BCUT2D eigenvalue weighted by Gasteiger charge is 2.31. The molecule has 29 heavy (non-hydrogen) atoms. The van der Waals surface area contributed by atoms with Crippen molar-refractivity contribution in [1.82, 2.24) is 20.4 Å². The molecule has 164 valence electrons. The van der Waals surface area contributed by atoms with Crippen LogP contribution in [-0.2, 0) is 14.3 Å². The lowest BCUT2D eigenvalue weighted by atomic mass is 9.98. The molecule has 7 heteroatoms. The van der Waals surface area contributed by atoms with Gasteiger partial charge in [-0.05, 0) is 37.3 Å². The average Bonchev–Trinajstić information content (AvgIpc) is 2.96. The molecule has 0 aliphatic heterocycles. The molecule has 1 atom stereocenters. The lowest BCUT2D eigenvalue weighted by Gasteiger charge is -2.19. The van der Waals surface area contributed by atoms with Crippen LogP contribution in [0.2, 0.25) is 0 Å². The van der Waals surface area contributed by atoms with Gasteiger partial charge in [0, 0.05) is 65.9 Å². The Kier molecular flexibility index (Phi) is 10.5. The Bertz CT molecular complexity index is 635. The summed E-state index contributed by atoms with van der Waals surface area (Å²) < 4.78 is 5.13. The van der Waals surface area contributed by atoms with Crippen molar-refractivity contribution in [1.29, 1.82) is 0 Å². The van der Waals surface area contributed by atoms with Crippen molar-refractivity contribution in [2.45, 2.75) is 45.6 Å². The molecule has 0 saturated heterocycles. The van der Waals surface area contributed by atoms with E-state index >= 15 is 0 Å². The maximum Gasteiger partial charge on any atom is 0.257 e. The fourth-order valence-corrected chi connectivity index (χ4v) is 3.31. The predicted octanol–water partition coefficient (Wildman–Crippen LogP) is 2.04. The largest absolute Gasteiger partial charge is 0.383 e. The summed E-state index contributed by atoms with van der Waals surface area (Å²) in [6.45, 7) is 4.86. The number of ether oxygens (including phenoxy) is 1. The normalized spacial score (nSPS) is 17.4. The number of methoxy groups -OCH3 is 1. The van der Waals surface area contributed by atoms with Gasteiger partial charge in [-0.25, -0.2) is 0 Å². The van der Waals surface area contributed by atoms with E-state index in [0.29, 0.717) is 13.2 Å². The van der Waals surface area contributed by atoms with Crippen molar-refractivity contribution in [3.05, 3.63) is 34.7 Å². The molecule has 0 aromatic carbocycles. The van der Waals surface area contributed by atoms with Crippen molar-refractivity contribution in [3.63, 3.8) is 0 Å². The Labute approximate surface area is 175 Å². The van der Waals surface area contributed by atoms with E-state index in [1.807, 2.05) is 57.3 Å². The van der Waals surface area contributed by atoms with Gasteiger partial charge in [-0.2, -0.15) is 0 Å². The first kappa shape index (κ1) is 24.8. The number of amides is 2. The van der Waals surface area contributed by atoms with Crippen molar-refractivity contribution < 1.29 is 14.3 Å². The Morgan fingerprint density at radius 1 is 1.07 bits per heavy atom. The second-order valence-electron chi connectivity index (χ2n) is 7.93. The Morgan fingerprint density at radius 2 is 1.62 bits per heavy atom. The SMILES string of the molecule is CCCCNC(=O)C(C(=O)NC(C)COC)=C1/C(=C/N(C)C)CC/C1=C\N(C)C. The number of nitrogens with one attached hydrogen (secondary N) is 2. The Balaban J connectivity index is 3.49. The van der Waals surface area contributed by atoms with Gasteiger partial charge in [-0.15, -0.1) is 0 Å². The summed E-state index contributed by atoms with van der Waals surface area (Å²) in [5.74, 6) is -0.693. The number of carbonyl (C=O) groups is 2. The van der Waals surface area contributed by atoms with Crippen LogP contribution >= 0.6 is 0 Å². The van der Waals surface area contributed by atoms with Crippen molar-refractivity contribution >= 4 is 11.8 Å². The van der Waals surface area contributed by atoms with Crippen LogP contribution in [-0.4, -0.2) is 76.1 Å². The third-order valence-electron chi connectivity index (χ3n) is 4.45. The first-order chi connectivity index (χ1) is 13.7. The van der Waals surface area contributed by atoms with Gasteiger partial charge in [0.25, 0.3) is 11.8 Å². The molecular weight excluding hydrogens is 368 g/mol. The van der Waals surface area contributed by atoms with E-state index in [1.54, 1.807) is 7.11 Å². The molecule has 1 unspecified atom stereocenters. The molecule has 0 aromatic heterocycles. The van der Waals surface area contributed by atoms with Crippen LogP contribution in [0.4, 0.5) is 0 Å². The summed E-state index contributed by atoms with van der Waals surface area (Å²) in [6, 6.07) is -0.199. The zero-order chi connectivity index (χ0) is 22.0. The molecule has 0 aromatic rings. The van der Waals surface area contributed by atoms with E-state index in [1.165, 1.54) is 0 Å². The van der Waals surface area contributed by atoms with E-state index in [0.717, 1.165) is 42.4 Å². The third-order valence-corrected chi connectivity index (χ3v) is 4.45. The summed E-state index contributed by atoms with van der Waals surface area (Å²) in [6.07, 6.45) is 7.42. The van der Waals surface area contributed by atoms with Gasteiger partial charge < -0.3 is 25.2 Å². The summed E-state index contributed by atoms with van der Waals surface area (Å²) in [4.78, 5) is 30.2. The van der Waals surface area contributed by atoms with Gasteiger partial charge in [0.15, 0.2) is 0 Å². The molecule has 1 aliphatic rings. The summed E-state index contributed by atoms with van der Waals surface area (Å²) in [5.41, 5.74) is 2.92. The van der Waals surface area contributed by atoms with Crippen LogP contribution in [0.5, 0.6) is 0 Å². The molecule has 1 aliphatic carbocycles. The van der Waals surface area contributed by atoms with Gasteiger partial charge in [0.2, 0.25) is 0 Å². The van der Waals surface area contributed by atoms with E-state index in [2.05, 4.69) is 17.6 Å². The zero-order valence-corrected chi connectivity index (χ0v) is 19.1. The number of carbonyl (C=O) groups excluding carboxylic acids is 2. The standard InChI is InChI=1S/C22H38N4O3/c1-8-9-12-23-21(27)20(22(28)24-16(2)15-29-7)19-17(13-25(3)4)10-11-18(19)14-26(5)6/h13-14,16H,8-12,15H2,1-7H3,(H,23,27)(H,24,28)/b17-13+,18-14+. The highest BCUT2D eigenvalue weighted by molar-refractivity contribution is 6.20. The number of allylic oxidation sites excluding steroid dienone is 3. The number of hydrogen-bond donors (Lipinski definition) is 2. The highest BCUT2D eigenvalue weighted by atomic mass is 16.5. The van der Waals surface area contributed by atoms with E-state index in [4.69, 9.17) is 4.74 Å². The van der Waals surface area contributed by atoms with Crippen molar-refractivity contribution in [2.75, 3.05) is 48.5 Å². The zero-order valence-electron chi connectivity index (χ0n) is 19.1. The number of hydrogen-bond acceptors (Lipinski definition) is 5. The fourth-order valence-electron chi connectivity index (χ4n) is 3.31. The molecule has 0 radical (unpaired) electrons. The fraction of sp³-hybridized carbons (Fsp3) is 0.636. The molecule has 0 bridgehead atoms. The molecule has 1 rings (SSSR count). The summed E-state index contributed by atoms with van der Waals surface area (Å²) in [7, 11) is 9.37. The van der Waals surface area contributed by atoms with Crippen molar-refractivity contribution in [3.8, 4) is 0 Å². The highest BCUT2D eigenvalue weighted by Crippen LogP contribution is 2.38. The lowest BCUT2D eigenvalue weighted by Crippen LogP contribution is -2.41. The Morgan fingerprint density at radius 3 is 2.07 bits per heavy atom. The molecule has 1 fully saturated rings. The number of unbranched alkanes of at least 4 members (excludes halogenated alkanes) is 1. The molecule has 7 nitrogen and oxygen atoms in total. The number of rotatable bonds is 10. The molecule has 0 spiro atoms. The minimum atomic E-state index is -0.366. The Hall–Kier alpha value is -2.28. The van der Waals surface area contributed by atoms with Crippen LogP contribution in [0.25, 0.3) is 0 Å². The van der Waals surface area contributed by atoms with E-state index in [9.17, 15) is 9.59 Å². The average molecular weight is 407 g/mol. The van der Waals surface area contributed by atoms with Gasteiger partial charge >= 0.3 is 0 Å². The van der Waals surface area contributed by atoms with Crippen LogP contribution < -0.4 is 10.6 Å². The van der Waals surface area contributed by atoms with Gasteiger partial charge in [-0.1, -0.05) is 13.3 Å². The van der Waals surface area contributed by atoms with Crippen molar-refractivity contribution in [2.24, 2.45) is 0 Å². The second kappa shape index (κ2) is 12.3. The second-order valence-corrected chi connectivity index (χ2v) is 7.93. The van der Waals surface area contributed by atoms with Gasteiger partial charge in [0.05, 0.1) is 6.61 Å². The molecular formula is C22H38N4O3. The van der Waals surface area contributed by atoms with Crippen LogP contribution in [0.15, 0.2) is 34.7 Å². The van der Waals surface area contributed by atoms with E-state index in [-0.39, 0.29) is 23.4 Å². The van der Waals surface area contributed by atoms with Crippen LogP contribution in [0, 0.1) is 0 Å². The summed E-state index contributed by atoms with van der Waals surface area (Å²) in [5, 5.41) is 5.84. The summed E-state index contributed by atoms with van der Waals surface area (Å²) >= 11 is 0. The third kappa shape index (κ3) is 7.93. The quantitative estimate of drug-likeness (QED) is 0.251. The first-order valence-electron chi connectivity index (χ1n) is 10.3. The van der Waals surface area contributed by atoms with Gasteiger partial charge in [-0.3, -0.25) is 9.59 Å². The maximum absolute atomic E-state index is 13.2. The minimum Gasteiger partial charge on any atom is -0.383 e. The van der Waals surface area contributed by atoms with Crippen LogP contribution in [0.3, 0.4) is 0 Å². The molecule has 1 saturated carbocycles. The van der Waals surface area contributed by atoms with E-state index < -0.39 is 0 Å². The molecule has 2 amide bonds. The first-order valence-corrected chi connectivity index (χ1v) is 10.3. The monoisotopic (exact) mass is 406 g/mol. The molecule has 2 N–H and O–H groups in total. The lowest BCUT2D eigenvalue weighted by molar-refractivity contribution is -0.124. The molecule has 0 heterocycles. The maximum atomic E-state index is 13.2. The minimum absolute atomic E-state index is 0.183. The smallest absolute Gasteiger partial charge is 0.257 e. The van der Waals surface area contributed by atoms with Gasteiger partial charge in [0.1, 0.15) is 5.57 Å². The predicted molar refractivity (Wildman–Crippen MR) is 117 cm³/mol.